The summed E-state index contributed by atoms with van der Waals surface area (Å²) in [6, 6.07) is 6.42. The van der Waals surface area contributed by atoms with Gasteiger partial charge >= 0.3 is 0 Å². The molecule has 0 spiro atoms. The van der Waals surface area contributed by atoms with Gasteiger partial charge in [0.25, 0.3) is 0 Å². The van der Waals surface area contributed by atoms with E-state index in [4.69, 9.17) is 0 Å². The van der Waals surface area contributed by atoms with Crippen molar-refractivity contribution in [3.05, 3.63) is 52.4 Å². The van der Waals surface area contributed by atoms with E-state index in [1.54, 1.807) is 0 Å². The molecule has 0 atom stereocenters. The molecule has 0 aliphatic heterocycles. The first-order valence-corrected chi connectivity index (χ1v) is 5.23. The molecule has 1 rings (SSSR count). The van der Waals surface area contributed by atoms with Crippen LogP contribution in [0.1, 0.15) is 25.0 Å². The third-order valence-corrected chi connectivity index (χ3v) is 2.96. The SMILES string of the molecule is C=C[C](C)c1ccc(Br)c(CC)c1. The number of allylic oxidation sites excluding steroid dienone is 1. The van der Waals surface area contributed by atoms with Crippen LogP contribution >= 0.6 is 15.9 Å². The molecule has 1 radical (unpaired) electrons. The lowest BCUT2D eigenvalue weighted by Gasteiger charge is -2.08. The molecule has 0 heterocycles. The van der Waals surface area contributed by atoms with E-state index in [1.807, 2.05) is 6.08 Å². The van der Waals surface area contributed by atoms with Gasteiger partial charge < -0.3 is 0 Å². The van der Waals surface area contributed by atoms with Crippen molar-refractivity contribution < 1.29 is 0 Å². The number of rotatable bonds is 3. The van der Waals surface area contributed by atoms with Gasteiger partial charge in [-0.2, -0.15) is 0 Å². The van der Waals surface area contributed by atoms with E-state index in [0.717, 1.165) is 6.42 Å². The molecule has 0 aromatic heterocycles. The number of hydrogen-bond acceptors (Lipinski definition) is 0. The molecule has 13 heavy (non-hydrogen) atoms. The summed E-state index contributed by atoms with van der Waals surface area (Å²) in [5.41, 5.74) is 2.61. The van der Waals surface area contributed by atoms with Gasteiger partial charge in [-0.3, -0.25) is 0 Å². The Hall–Kier alpha value is -0.560. The van der Waals surface area contributed by atoms with E-state index < -0.39 is 0 Å². The van der Waals surface area contributed by atoms with Gasteiger partial charge in [0.2, 0.25) is 0 Å². The summed E-state index contributed by atoms with van der Waals surface area (Å²) in [6.45, 7) is 8.01. The molecule has 0 nitrogen and oxygen atoms in total. The zero-order valence-electron chi connectivity index (χ0n) is 8.10. The smallest absolute Gasteiger partial charge is 0.0230 e. The van der Waals surface area contributed by atoms with E-state index in [0.29, 0.717) is 0 Å². The van der Waals surface area contributed by atoms with Crippen molar-refractivity contribution in [2.24, 2.45) is 0 Å². The second-order valence-electron chi connectivity index (χ2n) is 3.05. The van der Waals surface area contributed by atoms with E-state index in [9.17, 15) is 0 Å². The first-order valence-electron chi connectivity index (χ1n) is 4.43. The van der Waals surface area contributed by atoms with Crippen molar-refractivity contribution in [3.8, 4) is 0 Å². The Bertz CT molecular complexity index is 302. The quantitative estimate of drug-likeness (QED) is 0.742. The molecule has 0 aliphatic rings. The topological polar surface area (TPSA) is 0 Å². The van der Waals surface area contributed by atoms with Crippen LogP contribution in [0.25, 0.3) is 0 Å². The summed E-state index contributed by atoms with van der Waals surface area (Å²) in [4.78, 5) is 0. The highest BCUT2D eigenvalue weighted by molar-refractivity contribution is 9.10. The van der Waals surface area contributed by atoms with E-state index >= 15 is 0 Å². The molecule has 0 N–H and O–H groups in total. The summed E-state index contributed by atoms with van der Waals surface area (Å²) in [7, 11) is 0. The van der Waals surface area contributed by atoms with Crippen LogP contribution in [0.4, 0.5) is 0 Å². The molecule has 0 aliphatic carbocycles. The third kappa shape index (κ3) is 2.44. The molecule has 1 aromatic rings. The highest BCUT2D eigenvalue weighted by Crippen LogP contribution is 2.23. The van der Waals surface area contributed by atoms with E-state index in [1.165, 1.54) is 21.5 Å². The van der Waals surface area contributed by atoms with Crippen LogP contribution in [0.5, 0.6) is 0 Å². The fourth-order valence-electron chi connectivity index (χ4n) is 1.21. The molecule has 0 fully saturated rings. The van der Waals surface area contributed by atoms with Crippen LogP contribution in [0.15, 0.2) is 35.3 Å². The van der Waals surface area contributed by atoms with Gasteiger partial charge in [-0.25, -0.2) is 0 Å². The number of hydrogen-bond donors (Lipinski definition) is 0. The minimum absolute atomic E-state index is 1.05. The first kappa shape index (κ1) is 10.5. The second kappa shape index (κ2) is 4.61. The van der Waals surface area contributed by atoms with Crippen LogP contribution in [-0.2, 0) is 6.42 Å². The average molecular weight is 238 g/mol. The molecule has 0 bridgehead atoms. The lowest BCUT2D eigenvalue weighted by Crippen LogP contribution is -1.92. The number of benzene rings is 1. The molecule has 69 valence electrons. The van der Waals surface area contributed by atoms with Gasteiger partial charge in [0.15, 0.2) is 0 Å². The number of halogens is 1. The zero-order valence-corrected chi connectivity index (χ0v) is 9.69. The Kier molecular flexibility index (Phi) is 3.73. The Morgan fingerprint density at radius 1 is 1.54 bits per heavy atom. The van der Waals surface area contributed by atoms with Crippen LogP contribution in [0.2, 0.25) is 0 Å². The molecule has 0 amide bonds. The monoisotopic (exact) mass is 237 g/mol. The van der Waals surface area contributed by atoms with Gasteiger partial charge in [-0.05, 0) is 23.6 Å². The molecule has 0 saturated carbocycles. The summed E-state index contributed by atoms with van der Waals surface area (Å²) in [6.07, 6.45) is 2.95. The second-order valence-corrected chi connectivity index (χ2v) is 3.90. The lowest BCUT2D eigenvalue weighted by atomic mass is 9.98. The molecule has 0 unspecified atom stereocenters. The van der Waals surface area contributed by atoms with Crippen LogP contribution in [0.3, 0.4) is 0 Å². The zero-order chi connectivity index (χ0) is 9.84. The predicted molar refractivity (Wildman–Crippen MR) is 61.7 cm³/mol. The van der Waals surface area contributed by atoms with Crippen LogP contribution in [-0.4, -0.2) is 0 Å². The largest absolute Gasteiger partial charge is 0.102 e. The van der Waals surface area contributed by atoms with Gasteiger partial charge in [0.1, 0.15) is 0 Å². The normalized spacial score (nSPS) is 10.5. The van der Waals surface area contributed by atoms with Gasteiger partial charge in [0.05, 0.1) is 0 Å². The van der Waals surface area contributed by atoms with Crippen molar-refractivity contribution in [1.29, 1.82) is 0 Å². The number of aryl methyl sites for hydroxylation is 1. The van der Waals surface area contributed by atoms with Gasteiger partial charge in [-0.1, -0.05) is 48.0 Å². The van der Waals surface area contributed by atoms with Crippen molar-refractivity contribution >= 4 is 15.9 Å². The average Bonchev–Trinajstić information content (AvgIpc) is 2.17. The van der Waals surface area contributed by atoms with E-state index in [2.05, 4.69) is 54.6 Å². The molecule has 1 heteroatoms. The minimum Gasteiger partial charge on any atom is -0.102 e. The summed E-state index contributed by atoms with van der Waals surface area (Å²) in [5.74, 6) is 1.22. The van der Waals surface area contributed by atoms with Gasteiger partial charge in [-0.15, -0.1) is 6.58 Å². The maximum absolute atomic E-state index is 3.77. The summed E-state index contributed by atoms with van der Waals surface area (Å²) >= 11 is 3.53. The lowest BCUT2D eigenvalue weighted by molar-refractivity contribution is 1.11. The van der Waals surface area contributed by atoms with Crippen molar-refractivity contribution in [2.75, 3.05) is 0 Å². The Morgan fingerprint density at radius 3 is 2.77 bits per heavy atom. The standard InChI is InChI=1S/C12H14Br/c1-4-9(3)11-6-7-12(13)10(5-2)8-11/h4,6-8H,1,5H2,2-3H3. The van der Waals surface area contributed by atoms with Crippen LogP contribution in [0, 0.1) is 5.92 Å². The van der Waals surface area contributed by atoms with Crippen LogP contribution < -0.4 is 0 Å². The summed E-state index contributed by atoms with van der Waals surface area (Å²) in [5, 5.41) is 0. The molecule has 0 saturated heterocycles. The maximum atomic E-state index is 3.77. The predicted octanol–water partition coefficient (Wildman–Crippen LogP) is 4.14. The third-order valence-electron chi connectivity index (χ3n) is 2.19. The van der Waals surface area contributed by atoms with Crippen molar-refractivity contribution in [2.45, 2.75) is 20.3 Å². The first-order chi connectivity index (χ1) is 6.19. The van der Waals surface area contributed by atoms with Crippen molar-refractivity contribution in [1.82, 2.24) is 0 Å². The Balaban J connectivity index is 3.05. The Morgan fingerprint density at radius 2 is 2.23 bits per heavy atom. The maximum Gasteiger partial charge on any atom is 0.0230 e. The fourth-order valence-corrected chi connectivity index (χ4v) is 1.74. The minimum atomic E-state index is 1.05. The highest BCUT2D eigenvalue weighted by atomic mass is 79.9. The molecular weight excluding hydrogens is 224 g/mol. The van der Waals surface area contributed by atoms with E-state index in [-0.39, 0.29) is 0 Å². The highest BCUT2D eigenvalue weighted by Gasteiger charge is 2.04. The molecule has 1 aromatic carbocycles. The van der Waals surface area contributed by atoms with Crippen molar-refractivity contribution in [3.63, 3.8) is 0 Å². The summed E-state index contributed by atoms with van der Waals surface area (Å²) < 4.78 is 1.19. The fraction of sp³-hybridized carbons (Fsp3) is 0.250. The Labute approximate surface area is 88.8 Å². The molecular formula is C12H14Br. The van der Waals surface area contributed by atoms with Gasteiger partial charge in [0, 0.05) is 10.4 Å².